The Balaban J connectivity index is 0.000000170. The summed E-state index contributed by atoms with van der Waals surface area (Å²) in [6.45, 7) is 10.0. The number of likely N-dealkylation sites (tertiary alicyclic amines) is 2. The van der Waals surface area contributed by atoms with Gasteiger partial charge in [0.05, 0.1) is 22.5 Å². The highest BCUT2D eigenvalue weighted by Crippen LogP contribution is 2.64. The normalized spacial score (nSPS) is 23.0. The van der Waals surface area contributed by atoms with Gasteiger partial charge in [-0.1, -0.05) is 47.8 Å². The van der Waals surface area contributed by atoms with Crippen molar-refractivity contribution in [2.24, 2.45) is 24.9 Å². The minimum atomic E-state index is -4.28. The van der Waals surface area contributed by atoms with Crippen molar-refractivity contribution < 1.29 is 35.2 Å². The number of hydrogen-bond acceptors (Lipinski definition) is 12. The van der Waals surface area contributed by atoms with E-state index in [2.05, 4.69) is 40.2 Å². The largest absolute Gasteiger partial charge is 0.440 e. The summed E-state index contributed by atoms with van der Waals surface area (Å²) >= 11 is 3.37. The van der Waals surface area contributed by atoms with E-state index in [9.17, 15) is 26.3 Å². The number of alkyl halides is 6. The van der Waals surface area contributed by atoms with E-state index in [1.54, 1.807) is 47.8 Å². The zero-order valence-electron chi connectivity index (χ0n) is 38.6. The summed E-state index contributed by atoms with van der Waals surface area (Å²) in [7, 11) is 3.87. The molecule has 4 aromatic heterocycles. The summed E-state index contributed by atoms with van der Waals surface area (Å²) < 4.78 is 92.0. The quantitative estimate of drug-likeness (QED) is 0.0587. The molecule has 6 heterocycles. The second kappa shape index (κ2) is 19.6. The smallest absolute Gasteiger partial charge is 0.416 e. The van der Waals surface area contributed by atoms with Crippen molar-refractivity contribution in [3.05, 3.63) is 95.0 Å². The molecule has 10 rings (SSSR count). The number of piperidine rings is 2. The highest BCUT2D eigenvalue weighted by Gasteiger charge is 2.57. The van der Waals surface area contributed by atoms with Crippen molar-refractivity contribution in [1.29, 1.82) is 0 Å². The molecule has 2 aliphatic carbocycles. The van der Waals surface area contributed by atoms with Gasteiger partial charge in [-0.3, -0.25) is 0 Å². The van der Waals surface area contributed by atoms with Gasteiger partial charge >= 0.3 is 12.4 Å². The molecule has 6 aromatic rings. The number of oxazole rings is 2. The second-order valence-corrected chi connectivity index (χ2v) is 21.0. The van der Waals surface area contributed by atoms with E-state index < -0.39 is 23.5 Å². The number of hydrogen-bond donors (Lipinski definition) is 0. The molecule has 2 saturated heterocycles. The van der Waals surface area contributed by atoms with E-state index in [0.717, 1.165) is 135 Å². The first kappa shape index (κ1) is 48.4. The number of halogens is 6. The SMILES string of the molecule is Cc1ncoc1-c1nnc(SCCCN2CCC[C@@]3(C[C@@H]3c3ccc(C(F)(F)F)cc3)C2)n1C.Cc1ncoc1-c1nnc(SCCCN2CCC[C@]3(C[C@H]3c3ccc(C(F)(F)F)cc3)C2)n1C. The molecule has 2 spiro atoms. The van der Waals surface area contributed by atoms with Crippen LogP contribution < -0.4 is 0 Å². The van der Waals surface area contributed by atoms with Crippen LogP contribution in [0, 0.1) is 24.7 Å². The highest BCUT2D eigenvalue weighted by molar-refractivity contribution is 7.99. The van der Waals surface area contributed by atoms with Gasteiger partial charge in [0.25, 0.3) is 0 Å². The van der Waals surface area contributed by atoms with Crippen molar-refractivity contribution in [2.75, 3.05) is 50.8 Å². The lowest BCUT2D eigenvalue weighted by Gasteiger charge is -2.34. The van der Waals surface area contributed by atoms with Crippen LogP contribution in [0.2, 0.25) is 0 Å². The fourth-order valence-electron chi connectivity index (χ4n) is 10.5. The van der Waals surface area contributed by atoms with Gasteiger partial charge in [0.2, 0.25) is 11.6 Å². The first-order chi connectivity index (χ1) is 32.5. The third kappa shape index (κ3) is 10.6. The van der Waals surface area contributed by atoms with E-state index in [0.29, 0.717) is 35.0 Å². The van der Waals surface area contributed by atoms with E-state index in [-0.39, 0.29) is 10.8 Å². The Morgan fingerprint density at radius 2 is 1.00 bits per heavy atom. The Morgan fingerprint density at radius 1 is 0.603 bits per heavy atom. The molecule has 2 aromatic carbocycles. The molecule has 364 valence electrons. The predicted molar refractivity (Wildman–Crippen MR) is 247 cm³/mol. The number of rotatable bonds is 14. The minimum absolute atomic E-state index is 0.235. The van der Waals surface area contributed by atoms with Gasteiger partial charge in [0.15, 0.2) is 34.6 Å². The average Bonchev–Trinajstić information content (AvgIpc) is 3.76. The highest BCUT2D eigenvalue weighted by atomic mass is 32.2. The zero-order chi connectivity index (χ0) is 47.8. The maximum absolute atomic E-state index is 12.9. The van der Waals surface area contributed by atoms with Crippen LogP contribution in [0.3, 0.4) is 0 Å². The molecule has 68 heavy (non-hydrogen) atoms. The molecule has 0 unspecified atom stereocenters. The van der Waals surface area contributed by atoms with E-state index in [1.807, 2.05) is 37.1 Å². The molecule has 4 aliphatic rings. The third-order valence-corrected chi connectivity index (χ3v) is 16.5. The van der Waals surface area contributed by atoms with Crippen LogP contribution in [-0.4, -0.2) is 100 Å². The third-order valence-electron chi connectivity index (χ3n) is 14.3. The Hall–Kier alpha value is -4.66. The van der Waals surface area contributed by atoms with Crippen LogP contribution in [0.5, 0.6) is 0 Å². The lowest BCUT2D eigenvalue weighted by Crippen LogP contribution is -2.38. The fourth-order valence-corrected chi connectivity index (χ4v) is 12.1. The van der Waals surface area contributed by atoms with E-state index in [4.69, 9.17) is 8.83 Å². The fraction of sp³-hybridized carbons (Fsp3) is 0.542. The molecule has 2 aliphatic heterocycles. The van der Waals surface area contributed by atoms with Gasteiger partial charge < -0.3 is 27.8 Å². The summed E-state index contributed by atoms with van der Waals surface area (Å²) in [6, 6.07) is 11.6. The molecular weight excluding hydrogens is 927 g/mol. The van der Waals surface area contributed by atoms with E-state index in [1.165, 1.54) is 37.1 Å². The van der Waals surface area contributed by atoms with Gasteiger partial charge in [-0.25, -0.2) is 9.97 Å². The number of aromatic nitrogens is 8. The maximum Gasteiger partial charge on any atom is 0.416 e. The minimum Gasteiger partial charge on any atom is -0.440 e. The summed E-state index contributed by atoms with van der Waals surface area (Å²) in [4.78, 5) is 13.3. The van der Waals surface area contributed by atoms with Crippen LogP contribution in [-0.2, 0) is 26.4 Å². The lowest BCUT2D eigenvalue weighted by molar-refractivity contribution is -0.138. The van der Waals surface area contributed by atoms with Gasteiger partial charge in [0.1, 0.15) is 0 Å². The molecule has 2 saturated carbocycles. The van der Waals surface area contributed by atoms with Gasteiger partial charge in [-0.2, -0.15) is 26.3 Å². The zero-order valence-corrected chi connectivity index (χ0v) is 40.2. The number of thioether (sulfide) groups is 2. The molecule has 0 bridgehead atoms. The Labute approximate surface area is 400 Å². The first-order valence-electron chi connectivity index (χ1n) is 23.2. The monoisotopic (exact) mass is 982 g/mol. The predicted octanol–water partition coefficient (Wildman–Crippen LogP) is 11.1. The Morgan fingerprint density at radius 3 is 1.35 bits per heavy atom. The van der Waals surface area contributed by atoms with Gasteiger partial charge in [-0.15, -0.1) is 20.4 Å². The van der Waals surface area contributed by atoms with Crippen molar-refractivity contribution in [1.82, 2.24) is 49.3 Å². The molecule has 0 amide bonds. The van der Waals surface area contributed by atoms with Gasteiger partial charge in [0, 0.05) is 38.7 Å². The summed E-state index contributed by atoms with van der Waals surface area (Å²) in [6.07, 6.45) is 3.12. The lowest BCUT2D eigenvalue weighted by atomic mass is 9.89. The average molecular weight is 983 g/mol. The summed E-state index contributed by atoms with van der Waals surface area (Å²) in [5.41, 5.74) is 3.01. The molecule has 4 atom stereocenters. The molecule has 20 heteroatoms. The molecule has 0 N–H and O–H groups in total. The van der Waals surface area contributed by atoms with Crippen molar-refractivity contribution >= 4 is 23.5 Å². The molecule has 4 fully saturated rings. The van der Waals surface area contributed by atoms with E-state index >= 15 is 0 Å². The van der Waals surface area contributed by atoms with Crippen LogP contribution in [0.25, 0.3) is 23.2 Å². The Kier molecular flexibility index (Phi) is 14.0. The van der Waals surface area contributed by atoms with Crippen molar-refractivity contribution in [2.45, 2.75) is 99.7 Å². The van der Waals surface area contributed by atoms with Crippen molar-refractivity contribution in [3.63, 3.8) is 0 Å². The number of benzene rings is 2. The van der Waals surface area contributed by atoms with Crippen LogP contribution in [0.1, 0.15) is 96.8 Å². The molecule has 12 nitrogen and oxygen atoms in total. The first-order valence-corrected chi connectivity index (χ1v) is 25.1. The van der Waals surface area contributed by atoms with Crippen LogP contribution in [0.4, 0.5) is 26.3 Å². The number of aryl methyl sites for hydroxylation is 2. The second-order valence-electron chi connectivity index (χ2n) is 18.9. The van der Waals surface area contributed by atoms with Gasteiger partial charge in [-0.05, 0) is 149 Å². The molecule has 0 radical (unpaired) electrons. The summed E-state index contributed by atoms with van der Waals surface area (Å²) in [5, 5.41) is 18.8. The topological polar surface area (TPSA) is 120 Å². The van der Waals surface area contributed by atoms with Crippen molar-refractivity contribution in [3.8, 4) is 23.2 Å². The molecular formula is C48H56F6N10O2S2. The maximum atomic E-state index is 12.9. The number of nitrogens with zero attached hydrogens (tertiary/aromatic N) is 10. The van der Waals surface area contributed by atoms with Crippen LogP contribution in [0.15, 0.2) is 80.5 Å². The summed E-state index contributed by atoms with van der Waals surface area (Å²) in [5.74, 6) is 5.28. The Bertz CT molecular complexity index is 2460. The standard InChI is InChI=1S/2C24H28F3N5OS/c2*1-16-20(33-15-28-16)21-29-30-22(31(21)2)34-12-4-11-32-10-3-9-23(14-32)13-19(23)17-5-7-18(8-6-17)24(25,26)27/h2*5-8,15,19H,3-4,9-14H2,1-2H3/t2*19-,23-/m10/s1. The van der Waals surface area contributed by atoms with Crippen LogP contribution >= 0.6 is 23.5 Å².